The van der Waals surface area contributed by atoms with E-state index in [1.54, 1.807) is 24.3 Å². The average Bonchev–Trinajstić information content (AvgIpc) is 2.74. The van der Waals surface area contributed by atoms with Crippen LogP contribution in [0.3, 0.4) is 0 Å². The number of ether oxygens (including phenoxy) is 2. The van der Waals surface area contributed by atoms with Crippen molar-refractivity contribution in [3.8, 4) is 5.75 Å². The van der Waals surface area contributed by atoms with Gasteiger partial charge in [0.15, 0.2) is 5.75 Å². The standard InChI is InChI=1S/C21H37O7P/c1-3-5-6-7-8-9-13-16-25-29(22,26-20-19-24-18-17-23-4-2)28-27-21-14-11-10-12-15-21/h10-12,14-15H,3-9,13,16-20H2,1-2H3. The fourth-order valence-electron chi connectivity index (χ4n) is 2.45. The third-order valence-electron chi connectivity index (χ3n) is 4.02. The molecule has 1 atom stereocenters. The minimum atomic E-state index is -3.85. The van der Waals surface area contributed by atoms with Crippen LogP contribution >= 0.6 is 7.82 Å². The molecule has 0 fully saturated rings. The summed E-state index contributed by atoms with van der Waals surface area (Å²) in [6.45, 7) is 6.34. The molecule has 0 heterocycles. The van der Waals surface area contributed by atoms with Gasteiger partial charge in [-0.05, 0) is 25.5 Å². The van der Waals surface area contributed by atoms with Crippen LogP contribution in [0.25, 0.3) is 0 Å². The van der Waals surface area contributed by atoms with Crippen LogP contribution in [-0.2, 0) is 27.8 Å². The minimum absolute atomic E-state index is 0.0680. The van der Waals surface area contributed by atoms with Crippen LogP contribution in [0.15, 0.2) is 30.3 Å². The van der Waals surface area contributed by atoms with Crippen LogP contribution in [0.1, 0.15) is 58.8 Å². The first-order valence-corrected chi connectivity index (χ1v) is 12.1. The Kier molecular flexibility index (Phi) is 16.1. The Morgan fingerprint density at radius 2 is 1.34 bits per heavy atom. The van der Waals surface area contributed by atoms with Gasteiger partial charge in [-0.15, -0.1) is 0 Å². The van der Waals surface area contributed by atoms with Crippen LogP contribution in [0, 0.1) is 0 Å². The number of hydrogen-bond donors (Lipinski definition) is 0. The van der Waals surface area contributed by atoms with E-state index in [1.807, 2.05) is 13.0 Å². The maximum Gasteiger partial charge on any atom is 0.511 e. The van der Waals surface area contributed by atoms with Crippen molar-refractivity contribution in [3.05, 3.63) is 30.3 Å². The van der Waals surface area contributed by atoms with E-state index < -0.39 is 7.82 Å². The van der Waals surface area contributed by atoms with Crippen LogP contribution in [0.4, 0.5) is 0 Å². The van der Waals surface area contributed by atoms with Gasteiger partial charge < -0.3 is 14.4 Å². The van der Waals surface area contributed by atoms with Crippen LogP contribution < -0.4 is 4.89 Å². The van der Waals surface area contributed by atoms with Crippen molar-refractivity contribution in [2.24, 2.45) is 0 Å². The quantitative estimate of drug-likeness (QED) is 0.109. The molecule has 168 valence electrons. The summed E-state index contributed by atoms with van der Waals surface area (Å²) in [5.41, 5.74) is 0. The van der Waals surface area contributed by atoms with Gasteiger partial charge in [0, 0.05) is 6.61 Å². The Labute approximate surface area is 175 Å². The molecule has 0 saturated carbocycles. The van der Waals surface area contributed by atoms with Crippen molar-refractivity contribution >= 4 is 7.82 Å². The largest absolute Gasteiger partial charge is 0.511 e. The van der Waals surface area contributed by atoms with Gasteiger partial charge in [0.1, 0.15) is 0 Å². The molecular formula is C21H37O7P. The van der Waals surface area contributed by atoms with Crippen molar-refractivity contribution in [1.82, 2.24) is 0 Å². The van der Waals surface area contributed by atoms with Crippen molar-refractivity contribution < 1.29 is 32.6 Å². The zero-order valence-corrected chi connectivity index (χ0v) is 18.8. The zero-order chi connectivity index (χ0) is 21.0. The summed E-state index contributed by atoms with van der Waals surface area (Å²) >= 11 is 0. The summed E-state index contributed by atoms with van der Waals surface area (Å²) in [5, 5.41) is 0. The molecule has 0 N–H and O–H groups in total. The Bertz CT molecular complexity index is 527. The summed E-state index contributed by atoms with van der Waals surface area (Å²) in [4.78, 5) is 5.13. The minimum Gasteiger partial charge on any atom is -0.379 e. The Morgan fingerprint density at radius 3 is 2.07 bits per heavy atom. The van der Waals surface area contributed by atoms with Crippen LogP contribution in [0.2, 0.25) is 0 Å². The number of para-hydroxylation sites is 1. The molecule has 7 nitrogen and oxygen atoms in total. The summed E-state index contributed by atoms with van der Waals surface area (Å²) in [6.07, 6.45) is 7.94. The lowest BCUT2D eigenvalue weighted by molar-refractivity contribution is -0.134. The van der Waals surface area contributed by atoms with Crippen molar-refractivity contribution in [2.45, 2.75) is 58.8 Å². The lowest BCUT2D eigenvalue weighted by atomic mass is 10.1. The van der Waals surface area contributed by atoms with Gasteiger partial charge in [0.05, 0.1) is 33.0 Å². The number of unbranched alkanes of at least 4 members (excludes halogenated alkanes) is 6. The maximum atomic E-state index is 12.8. The second-order valence-corrected chi connectivity index (χ2v) is 8.08. The van der Waals surface area contributed by atoms with Gasteiger partial charge in [-0.1, -0.05) is 68.3 Å². The van der Waals surface area contributed by atoms with Gasteiger partial charge in [-0.3, -0.25) is 9.05 Å². The summed E-state index contributed by atoms with van der Waals surface area (Å²) in [7, 11) is -3.85. The fraction of sp³-hybridized carbons (Fsp3) is 0.714. The Morgan fingerprint density at radius 1 is 0.724 bits per heavy atom. The van der Waals surface area contributed by atoms with E-state index >= 15 is 0 Å². The molecule has 0 aliphatic carbocycles. The highest BCUT2D eigenvalue weighted by Crippen LogP contribution is 2.49. The fourth-order valence-corrected chi connectivity index (χ4v) is 3.44. The molecule has 1 unspecified atom stereocenters. The lowest BCUT2D eigenvalue weighted by Gasteiger charge is -2.17. The summed E-state index contributed by atoms with van der Waals surface area (Å²) in [5.74, 6) is 0.420. The normalized spacial score (nSPS) is 13.3. The van der Waals surface area contributed by atoms with Crippen molar-refractivity contribution in [3.63, 3.8) is 0 Å². The molecule has 29 heavy (non-hydrogen) atoms. The third-order valence-corrected chi connectivity index (χ3v) is 5.27. The lowest BCUT2D eigenvalue weighted by Crippen LogP contribution is -2.11. The van der Waals surface area contributed by atoms with E-state index in [-0.39, 0.29) is 19.8 Å². The SMILES string of the molecule is CCCCCCCCCOP(=O)(OCCOCCOCC)OOc1ccccc1. The maximum absolute atomic E-state index is 12.8. The van der Waals surface area contributed by atoms with Crippen molar-refractivity contribution in [2.75, 3.05) is 39.6 Å². The molecule has 0 aliphatic heterocycles. The summed E-state index contributed by atoms with van der Waals surface area (Å²) < 4.78 is 39.2. The van der Waals surface area contributed by atoms with Gasteiger partial charge in [0.25, 0.3) is 0 Å². The highest BCUT2D eigenvalue weighted by Gasteiger charge is 2.29. The van der Waals surface area contributed by atoms with Crippen LogP contribution in [0.5, 0.6) is 5.75 Å². The first kappa shape index (κ1) is 26.1. The molecule has 0 amide bonds. The predicted octanol–water partition coefficient (Wildman–Crippen LogP) is 5.94. The number of phosphoric acid groups is 1. The van der Waals surface area contributed by atoms with E-state index in [0.29, 0.717) is 25.6 Å². The summed E-state index contributed by atoms with van der Waals surface area (Å²) in [6, 6.07) is 8.81. The molecule has 1 aromatic carbocycles. The molecule has 1 aromatic rings. The van der Waals surface area contributed by atoms with Crippen molar-refractivity contribution in [1.29, 1.82) is 0 Å². The van der Waals surface area contributed by atoms with Gasteiger partial charge in [0.2, 0.25) is 0 Å². The Balaban J connectivity index is 2.32. The highest BCUT2D eigenvalue weighted by atomic mass is 31.2. The molecule has 0 saturated heterocycles. The molecule has 0 spiro atoms. The molecule has 8 heteroatoms. The number of phosphoric ester groups is 1. The smallest absolute Gasteiger partial charge is 0.379 e. The van der Waals surface area contributed by atoms with Crippen LogP contribution in [-0.4, -0.2) is 39.6 Å². The van der Waals surface area contributed by atoms with E-state index in [2.05, 4.69) is 6.92 Å². The first-order valence-electron chi connectivity index (χ1n) is 10.7. The molecule has 0 aromatic heterocycles. The molecule has 0 bridgehead atoms. The number of hydrogen-bond acceptors (Lipinski definition) is 7. The van der Waals surface area contributed by atoms with E-state index in [0.717, 1.165) is 19.3 Å². The second kappa shape index (κ2) is 17.9. The molecule has 0 radical (unpaired) electrons. The predicted molar refractivity (Wildman–Crippen MR) is 113 cm³/mol. The van der Waals surface area contributed by atoms with Gasteiger partial charge in [-0.25, -0.2) is 4.57 Å². The first-order chi connectivity index (χ1) is 14.2. The number of benzene rings is 1. The Hall–Kier alpha value is -0.950. The van der Waals surface area contributed by atoms with E-state index in [1.165, 1.54) is 25.7 Å². The van der Waals surface area contributed by atoms with Gasteiger partial charge in [-0.2, -0.15) is 0 Å². The third kappa shape index (κ3) is 14.6. The van der Waals surface area contributed by atoms with Gasteiger partial charge >= 0.3 is 7.82 Å². The second-order valence-electron chi connectivity index (χ2n) is 6.52. The monoisotopic (exact) mass is 432 g/mol. The molecule has 1 rings (SSSR count). The molecule has 0 aliphatic rings. The zero-order valence-electron chi connectivity index (χ0n) is 17.9. The average molecular weight is 432 g/mol. The molecular weight excluding hydrogens is 395 g/mol. The van der Waals surface area contributed by atoms with E-state index in [4.69, 9.17) is 28.1 Å². The topological polar surface area (TPSA) is 72.5 Å². The van der Waals surface area contributed by atoms with E-state index in [9.17, 15) is 4.57 Å². The number of rotatable bonds is 20. The highest BCUT2D eigenvalue weighted by molar-refractivity contribution is 7.48.